The van der Waals surface area contributed by atoms with E-state index in [0.717, 1.165) is 99.1 Å². The number of nitrogens with one attached hydrogen (secondary N) is 4. The van der Waals surface area contributed by atoms with Crippen molar-refractivity contribution in [3.63, 3.8) is 0 Å². The summed E-state index contributed by atoms with van der Waals surface area (Å²) in [5.74, 6) is -0.906. The Morgan fingerprint density at radius 2 is 1.72 bits per heavy atom. The molecule has 1 aliphatic carbocycles. The minimum absolute atomic E-state index is 0.0917. The van der Waals surface area contributed by atoms with Crippen LogP contribution >= 0.6 is 0 Å². The van der Waals surface area contributed by atoms with Gasteiger partial charge in [-0.15, -0.1) is 0 Å². The molecule has 13 heteroatoms. The molecule has 4 heterocycles. The summed E-state index contributed by atoms with van der Waals surface area (Å²) in [6.45, 7) is 2.81. The van der Waals surface area contributed by atoms with Crippen molar-refractivity contribution in [1.82, 2.24) is 30.1 Å². The fourth-order valence-electron chi connectivity index (χ4n) is 7.38. The second-order valence-electron chi connectivity index (χ2n) is 13.7. The van der Waals surface area contributed by atoms with Gasteiger partial charge < -0.3 is 16.0 Å². The number of imide groups is 2. The zero-order chi connectivity index (χ0) is 35.0. The second kappa shape index (κ2) is 16.3. The Morgan fingerprint density at radius 3 is 2.52 bits per heavy atom. The molecule has 0 radical (unpaired) electrons. The third kappa shape index (κ3) is 8.14. The summed E-state index contributed by atoms with van der Waals surface area (Å²) >= 11 is 0. The van der Waals surface area contributed by atoms with E-state index in [0.29, 0.717) is 18.7 Å². The maximum absolute atomic E-state index is 13.2. The molecule has 0 spiro atoms. The van der Waals surface area contributed by atoms with E-state index in [9.17, 15) is 24.0 Å². The number of benzene rings is 1. The standard InChI is InChI=1S/C37H48N8O5/c1-2-11-24-23-31(45-30(40-24)19-21-39-45)41-25-15-16-26(22-25)42-32(46)14-8-6-4-3-5-7-9-20-38-28-13-10-12-27-34(28)37(50)44(36(27)49)29-17-18-33(47)43-35(29)48/h10,12-13,19,21,23,25-26,29,38,41H,2-9,11,14-18,20,22H2,1H3,(H,42,46)(H,43,47,48)/t25-,26-,29?/m1/s1. The van der Waals surface area contributed by atoms with Crippen molar-refractivity contribution in [3.8, 4) is 0 Å². The average molecular weight is 685 g/mol. The van der Waals surface area contributed by atoms with Gasteiger partial charge in [-0.25, -0.2) is 4.98 Å². The number of unbranched alkanes of at least 4 members (excludes halogenated alkanes) is 6. The number of amides is 5. The maximum Gasteiger partial charge on any atom is 0.264 e. The first kappa shape index (κ1) is 35.0. The van der Waals surface area contributed by atoms with E-state index in [-0.39, 0.29) is 42.0 Å². The number of carbonyl (C=O) groups is 5. The molecule has 2 aliphatic heterocycles. The van der Waals surface area contributed by atoms with Crippen LogP contribution in [0.4, 0.5) is 11.5 Å². The number of carbonyl (C=O) groups excluding carboxylic acids is 5. The van der Waals surface area contributed by atoms with Gasteiger partial charge in [0.2, 0.25) is 17.7 Å². The molecule has 2 fully saturated rings. The fraction of sp³-hybridized carbons (Fsp3) is 0.541. The maximum atomic E-state index is 13.2. The molecule has 2 aromatic heterocycles. The average Bonchev–Trinajstić information content (AvgIpc) is 3.81. The largest absolute Gasteiger partial charge is 0.384 e. The molecule has 1 saturated heterocycles. The Labute approximate surface area is 292 Å². The zero-order valence-electron chi connectivity index (χ0n) is 28.8. The summed E-state index contributed by atoms with van der Waals surface area (Å²) in [7, 11) is 0. The third-order valence-corrected chi connectivity index (χ3v) is 9.93. The summed E-state index contributed by atoms with van der Waals surface area (Å²) < 4.78 is 1.85. The van der Waals surface area contributed by atoms with Crippen LogP contribution in [0.5, 0.6) is 0 Å². The third-order valence-electron chi connectivity index (χ3n) is 9.93. The van der Waals surface area contributed by atoms with Gasteiger partial charge in [-0.05, 0) is 57.1 Å². The van der Waals surface area contributed by atoms with Crippen LogP contribution in [0, 0.1) is 0 Å². The van der Waals surface area contributed by atoms with Crippen LogP contribution in [0.2, 0.25) is 0 Å². The first-order chi connectivity index (χ1) is 24.3. The van der Waals surface area contributed by atoms with E-state index in [4.69, 9.17) is 0 Å². The van der Waals surface area contributed by atoms with E-state index in [1.807, 2.05) is 10.6 Å². The minimum atomic E-state index is -0.974. The van der Waals surface area contributed by atoms with Crippen LogP contribution in [-0.4, -0.2) is 73.7 Å². The normalized spacial score (nSPS) is 20.3. The monoisotopic (exact) mass is 684 g/mol. The van der Waals surface area contributed by atoms with Crippen LogP contribution in [0.1, 0.15) is 123 Å². The number of aryl methyl sites for hydroxylation is 1. The Kier molecular flexibility index (Phi) is 11.4. The van der Waals surface area contributed by atoms with Gasteiger partial charge >= 0.3 is 0 Å². The van der Waals surface area contributed by atoms with Crippen molar-refractivity contribution >= 4 is 46.7 Å². The van der Waals surface area contributed by atoms with Crippen LogP contribution in [0.15, 0.2) is 36.5 Å². The highest BCUT2D eigenvalue weighted by Crippen LogP contribution is 2.32. The van der Waals surface area contributed by atoms with E-state index in [1.165, 1.54) is 0 Å². The van der Waals surface area contributed by atoms with Crippen LogP contribution in [0.25, 0.3) is 5.65 Å². The van der Waals surface area contributed by atoms with Crippen molar-refractivity contribution in [1.29, 1.82) is 0 Å². The van der Waals surface area contributed by atoms with Crippen LogP contribution < -0.4 is 21.3 Å². The molecule has 3 atom stereocenters. The first-order valence-corrected chi connectivity index (χ1v) is 18.3. The summed E-state index contributed by atoms with van der Waals surface area (Å²) in [6.07, 6.45) is 14.5. The van der Waals surface area contributed by atoms with E-state index >= 15 is 0 Å². The fourth-order valence-corrected chi connectivity index (χ4v) is 7.38. The Bertz CT molecular complexity index is 1740. The van der Waals surface area contributed by atoms with Crippen molar-refractivity contribution in [2.45, 2.75) is 121 Å². The highest BCUT2D eigenvalue weighted by molar-refractivity contribution is 6.25. The molecule has 13 nitrogen and oxygen atoms in total. The van der Waals surface area contributed by atoms with E-state index in [1.54, 1.807) is 24.4 Å². The molecule has 3 aliphatic rings. The Balaban J connectivity index is 0.829. The molecular formula is C37H48N8O5. The minimum Gasteiger partial charge on any atom is -0.384 e. The summed E-state index contributed by atoms with van der Waals surface area (Å²) in [6, 6.07) is 8.64. The molecule has 1 aromatic carbocycles. The highest BCUT2D eigenvalue weighted by atomic mass is 16.2. The number of hydrogen-bond donors (Lipinski definition) is 4. The lowest BCUT2D eigenvalue weighted by molar-refractivity contribution is -0.136. The number of rotatable bonds is 17. The number of hydrogen-bond acceptors (Lipinski definition) is 9. The highest BCUT2D eigenvalue weighted by Gasteiger charge is 2.45. The predicted molar refractivity (Wildman–Crippen MR) is 189 cm³/mol. The van der Waals surface area contributed by atoms with Gasteiger partial charge in [0.15, 0.2) is 5.65 Å². The number of piperidine rings is 1. The van der Waals surface area contributed by atoms with Gasteiger partial charge in [0.1, 0.15) is 11.9 Å². The molecule has 6 rings (SSSR count). The van der Waals surface area contributed by atoms with Gasteiger partial charge in [-0.3, -0.25) is 34.2 Å². The van der Waals surface area contributed by atoms with Gasteiger partial charge in [-0.2, -0.15) is 9.61 Å². The summed E-state index contributed by atoms with van der Waals surface area (Å²) in [5.41, 5.74) is 3.07. The first-order valence-electron chi connectivity index (χ1n) is 18.3. The lowest BCUT2D eigenvalue weighted by Gasteiger charge is -2.27. The molecule has 1 unspecified atom stereocenters. The number of nitrogens with zero attached hydrogens (tertiary/aromatic N) is 4. The van der Waals surface area contributed by atoms with Crippen molar-refractivity contribution in [2.75, 3.05) is 17.2 Å². The lowest BCUT2D eigenvalue weighted by atomic mass is 10.0. The second-order valence-corrected chi connectivity index (χ2v) is 13.7. The molecule has 266 valence electrons. The van der Waals surface area contributed by atoms with E-state index < -0.39 is 29.7 Å². The van der Waals surface area contributed by atoms with E-state index in [2.05, 4.69) is 44.3 Å². The SMILES string of the molecule is CCCc1cc(N[C@@H]2CC[C@@H](NC(=O)CCCCCCCCCNc3cccc4c3C(=O)N(C3CCC(=O)NC3=O)C4=O)C2)n2nccc2n1. The van der Waals surface area contributed by atoms with Crippen LogP contribution in [-0.2, 0) is 20.8 Å². The van der Waals surface area contributed by atoms with Crippen molar-refractivity contribution < 1.29 is 24.0 Å². The number of aromatic nitrogens is 3. The summed E-state index contributed by atoms with van der Waals surface area (Å²) in [4.78, 5) is 68.5. The molecule has 50 heavy (non-hydrogen) atoms. The van der Waals surface area contributed by atoms with Gasteiger partial charge in [0.05, 0.1) is 17.3 Å². The topological polar surface area (TPSA) is 167 Å². The van der Waals surface area contributed by atoms with Crippen molar-refractivity contribution in [3.05, 3.63) is 53.3 Å². The Hall–Kier alpha value is -4.81. The summed E-state index contributed by atoms with van der Waals surface area (Å²) in [5, 5.41) is 16.9. The number of fused-ring (bicyclic) bond motifs is 2. The van der Waals surface area contributed by atoms with Crippen molar-refractivity contribution in [2.24, 2.45) is 0 Å². The molecule has 0 bridgehead atoms. The molecule has 3 aromatic rings. The molecule has 5 amide bonds. The number of anilines is 2. The van der Waals surface area contributed by atoms with Crippen LogP contribution in [0.3, 0.4) is 0 Å². The quantitative estimate of drug-likeness (QED) is 0.116. The smallest absolute Gasteiger partial charge is 0.264 e. The molecule has 4 N–H and O–H groups in total. The van der Waals surface area contributed by atoms with Gasteiger partial charge in [0.25, 0.3) is 11.8 Å². The van der Waals surface area contributed by atoms with Gasteiger partial charge in [-0.1, -0.05) is 51.5 Å². The van der Waals surface area contributed by atoms with Gasteiger partial charge in [0, 0.05) is 55.0 Å². The molecule has 1 saturated carbocycles. The predicted octanol–water partition coefficient (Wildman–Crippen LogP) is 4.77. The Morgan fingerprint density at radius 1 is 0.940 bits per heavy atom. The molecular weight excluding hydrogens is 636 g/mol. The zero-order valence-corrected chi connectivity index (χ0v) is 28.8. The lowest BCUT2D eigenvalue weighted by Crippen LogP contribution is -2.54.